The van der Waals surface area contributed by atoms with E-state index in [4.69, 9.17) is 9.47 Å². The van der Waals surface area contributed by atoms with Crippen LogP contribution in [-0.4, -0.2) is 33.5 Å². The van der Waals surface area contributed by atoms with Crippen LogP contribution in [0.3, 0.4) is 0 Å². The molecular formula is C20H16F3N3O5. The fourth-order valence-electron chi connectivity index (χ4n) is 3.23. The molecule has 4 rings (SSSR count). The molecule has 162 valence electrons. The van der Waals surface area contributed by atoms with Crippen LogP contribution < -0.4 is 9.47 Å². The van der Waals surface area contributed by atoms with Gasteiger partial charge in [0.15, 0.2) is 0 Å². The summed E-state index contributed by atoms with van der Waals surface area (Å²) in [6, 6.07) is 13.1. The summed E-state index contributed by atoms with van der Waals surface area (Å²) in [5.41, 5.74) is 2.34. The smallest absolute Gasteiger partial charge is 0.443 e. The summed E-state index contributed by atoms with van der Waals surface area (Å²) in [7, 11) is 0. The molecule has 0 bridgehead atoms. The van der Waals surface area contributed by atoms with Gasteiger partial charge >= 0.3 is 18.2 Å². The fraction of sp³-hybridized carbons (Fsp3) is 0.250. The van der Waals surface area contributed by atoms with Gasteiger partial charge in [-0.25, -0.2) is 0 Å². The number of nitro groups is 1. The molecule has 8 nitrogen and oxygen atoms in total. The van der Waals surface area contributed by atoms with Gasteiger partial charge in [-0.2, -0.15) is 0 Å². The van der Waals surface area contributed by atoms with Crippen LogP contribution in [0, 0.1) is 10.1 Å². The second-order valence-corrected chi connectivity index (χ2v) is 6.76. The van der Waals surface area contributed by atoms with Crippen molar-refractivity contribution in [3.63, 3.8) is 0 Å². The van der Waals surface area contributed by atoms with E-state index in [1.807, 2.05) is 24.3 Å². The van der Waals surface area contributed by atoms with E-state index in [0.717, 1.165) is 11.1 Å². The molecule has 0 fully saturated rings. The minimum Gasteiger partial charge on any atom is -0.443 e. The van der Waals surface area contributed by atoms with Crippen molar-refractivity contribution in [3.05, 3.63) is 70.4 Å². The summed E-state index contributed by atoms with van der Waals surface area (Å²) in [6.07, 6.45) is -3.80. The first-order chi connectivity index (χ1) is 14.8. The van der Waals surface area contributed by atoms with Crippen LogP contribution in [0.15, 0.2) is 54.7 Å². The maximum Gasteiger partial charge on any atom is 0.573 e. The van der Waals surface area contributed by atoms with E-state index in [2.05, 4.69) is 9.72 Å². The van der Waals surface area contributed by atoms with Gasteiger partial charge in [-0.05, 0) is 33.7 Å². The molecular weight excluding hydrogens is 419 g/mol. The molecule has 0 amide bonds. The molecule has 31 heavy (non-hydrogen) atoms. The van der Waals surface area contributed by atoms with E-state index in [-0.39, 0.29) is 36.9 Å². The van der Waals surface area contributed by atoms with Crippen LogP contribution in [-0.2, 0) is 17.9 Å². The molecule has 1 aliphatic rings. The van der Waals surface area contributed by atoms with Crippen LogP contribution >= 0.6 is 0 Å². The van der Waals surface area contributed by atoms with Crippen molar-refractivity contribution < 1.29 is 32.3 Å². The quantitative estimate of drug-likeness (QED) is 0.423. The Labute approximate surface area is 173 Å². The topological polar surface area (TPSA) is 88.7 Å². The third-order valence-corrected chi connectivity index (χ3v) is 4.60. The highest BCUT2D eigenvalue weighted by Crippen LogP contribution is 2.29. The number of aromatic nitrogens is 2. The molecule has 1 aliphatic heterocycles. The number of alkyl halides is 3. The van der Waals surface area contributed by atoms with E-state index in [1.165, 1.54) is 22.9 Å². The van der Waals surface area contributed by atoms with Crippen molar-refractivity contribution in [1.29, 1.82) is 0 Å². The second-order valence-electron chi connectivity index (χ2n) is 6.76. The Balaban J connectivity index is 1.44. The molecule has 11 heteroatoms. The Hall–Kier alpha value is -3.60. The number of rotatable bonds is 6. The summed E-state index contributed by atoms with van der Waals surface area (Å²) in [6.45, 7) is 0.763. The summed E-state index contributed by atoms with van der Waals surface area (Å²) >= 11 is 0. The lowest BCUT2D eigenvalue weighted by Crippen LogP contribution is -2.32. The number of ether oxygens (including phenoxy) is 3. The standard InChI is InChI=1S/C20H16F3N3O5/c21-20(22,23)31-15-7-5-13(6-8-15)17-4-2-1-3-14(17)11-29-16-9-25-10-18(26(27)28)24-19(25)30-12-16/h1-8,10,16H,9,11-12H2/t16-/m1/s1. The van der Waals surface area contributed by atoms with Gasteiger partial charge in [0, 0.05) is 4.98 Å². The van der Waals surface area contributed by atoms with Gasteiger partial charge in [-0.1, -0.05) is 36.4 Å². The number of fused-ring (bicyclic) bond motifs is 1. The monoisotopic (exact) mass is 435 g/mol. The lowest BCUT2D eigenvalue weighted by molar-refractivity contribution is -0.389. The SMILES string of the molecule is O=[N+]([O-])c1cn2c(n1)OC[C@H](OCc1ccccc1-c1ccc(OC(F)(F)F)cc1)C2. The van der Waals surface area contributed by atoms with Gasteiger partial charge < -0.3 is 24.3 Å². The number of hydrogen-bond donors (Lipinski definition) is 0. The van der Waals surface area contributed by atoms with Gasteiger partial charge in [0.1, 0.15) is 24.7 Å². The molecule has 0 unspecified atom stereocenters. The molecule has 0 spiro atoms. The fourth-order valence-corrected chi connectivity index (χ4v) is 3.23. The molecule has 0 radical (unpaired) electrons. The van der Waals surface area contributed by atoms with Crippen LogP contribution in [0.1, 0.15) is 5.56 Å². The lowest BCUT2D eigenvalue weighted by Gasteiger charge is -2.23. The zero-order valence-electron chi connectivity index (χ0n) is 15.9. The minimum atomic E-state index is -4.75. The Morgan fingerprint density at radius 2 is 1.94 bits per heavy atom. The van der Waals surface area contributed by atoms with Crippen molar-refractivity contribution in [1.82, 2.24) is 9.55 Å². The van der Waals surface area contributed by atoms with Crippen molar-refractivity contribution in [2.24, 2.45) is 0 Å². The number of nitrogens with zero attached hydrogens (tertiary/aromatic N) is 3. The summed E-state index contributed by atoms with van der Waals surface area (Å²) in [5, 5.41) is 10.9. The van der Waals surface area contributed by atoms with E-state index in [1.54, 1.807) is 12.1 Å². The van der Waals surface area contributed by atoms with Crippen molar-refractivity contribution >= 4 is 5.82 Å². The number of benzene rings is 2. The number of imidazole rings is 1. The van der Waals surface area contributed by atoms with E-state index in [0.29, 0.717) is 12.1 Å². The molecule has 1 aromatic heterocycles. The molecule has 3 aromatic rings. The first-order valence-electron chi connectivity index (χ1n) is 9.18. The third-order valence-electron chi connectivity index (χ3n) is 4.60. The normalized spacial score (nSPS) is 15.8. The van der Waals surface area contributed by atoms with Crippen LogP contribution in [0.25, 0.3) is 11.1 Å². The maximum atomic E-state index is 12.4. The predicted octanol–water partition coefficient (Wildman–Crippen LogP) is 4.33. The average molecular weight is 435 g/mol. The van der Waals surface area contributed by atoms with Gasteiger partial charge in [-0.3, -0.25) is 4.57 Å². The Kier molecular flexibility index (Phi) is 5.51. The van der Waals surface area contributed by atoms with Crippen molar-refractivity contribution in [2.45, 2.75) is 25.6 Å². The maximum absolute atomic E-state index is 12.4. The van der Waals surface area contributed by atoms with Crippen LogP contribution in [0.5, 0.6) is 11.8 Å². The lowest BCUT2D eigenvalue weighted by atomic mass is 10.00. The Morgan fingerprint density at radius 3 is 2.65 bits per heavy atom. The van der Waals surface area contributed by atoms with E-state index >= 15 is 0 Å². The molecule has 0 saturated heterocycles. The average Bonchev–Trinajstić information content (AvgIpc) is 3.16. The highest BCUT2D eigenvalue weighted by atomic mass is 19.4. The van der Waals surface area contributed by atoms with Gasteiger partial charge in [0.25, 0.3) is 0 Å². The number of halogens is 3. The summed E-state index contributed by atoms with van der Waals surface area (Å²) in [4.78, 5) is 14.1. The molecule has 2 heterocycles. The highest BCUT2D eigenvalue weighted by Gasteiger charge is 2.31. The first kappa shape index (κ1) is 20.7. The van der Waals surface area contributed by atoms with Crippen LogP contribution in [0.2, 0.25) is 0 Å². The van der Waals surface area contributed by atoms with E-state index < -0.39 is 11.3 Å². The molecule has 2 aromatic carbocycles. The number of hydrogen-bond acceptors (Lipinski definition) is 6. The largest absolute Gasteiger partial charge is 0.573 e. The third kappa shape index (κ3) is 4.94. The molecule has 0 saturated carbocycles. The van der Waals surface area contributed by atoms with Crippen LogP contribution in [0.4, 0.5) is 19.0 Å². The molecule has 0 N–H and O–H groups in total. The zero-order valence-corrected chi connectivity index (χ0v) is 15.9. The second kappa shape index (κ2) is 8.26. The Bertz CT molecular complexity index is 1080. The predicted molar refractivity (Wildman–Crippen MR) is 102 cm³/mol. The van der Waals surface area contributed by atoms with Crippen molar-refractivity contribution in [2.75, 3.05) is 6.61 Å². The van der Waals surface area contributed by atoms with Gasteiger partial charge in [0.2, 0.25) is 0 Å². The summed E-state index contributed by atoms with van der Waals surface area (Å²) in [5.74, 6) is -0.589. The van der Waals surface area contributed by atoms with E-state index in [9.17, 15) is 23.3 Å². The Morgan fingerprint density at radius 1 is 1.19 bits per heavy atom. The zero-order chi connectivity index (χ0) is 22.0. The molecule has 1 atom stereocenters. The van der Waals surface area contributed by atoms with Gasteiger partial charge in [0.05, 0.1) is 13.2 Å². The van der Waals surface area contributed by atoms with Crippen molar-refractivity contribution in [3.8, 4) is 22.9 Å². The molecule has 0 aliphatic carbocycles. The van der Waals surface area contributed by atoms with Gasteiger partial charge in [-0.15, -0.1) is 13.2 Å². The highest BCUT2D eigenvalue weighted by molar-refractivity contribution is 5.67. The first-order valence-corrected chi connectivity index (χ1v) is 9.18. The summed E-state index contributed by atoms with van der Waals surface area (Å²) < 4.78 is 53.9. The minimum absolute atomic E-state index is 0.174.